The molecule has 0 aliphatic heterocycles. The van der Waals surface area contributed by atoms with Crippen molar-refractivity contribution in [1.29, 1.82) is 0 Å². The number of nitro benzene ring substituents is 1. The minimum atomic E-state index is -0.610. The molecule has 0 unspecified atom stereocenters. The number of furan rings is 1. The monoisotopic (exact) mass is 441 g/mol. The van der Waals surface area contributed by atoms with Gasteiger partial charge in [-0.25, -0.2) is 0 Å². The van der Waals surface area contributed by atoms with Gasteiger partial charge < -0.3 is 19.6 Å². The molecule has 1 aromatic heterocycles. The fourth-order valence-electron chi connectivity index (χ4n) is 2.78. The van der Waals surface area contributed by atoms with Crippen molar-refractivity contribution in [1.82, 2.24) is 5.32 Å². The molecule has 160 valence electrons. The Morgan fingerprint density at radius 1 is 1.23 bits per heavy atom. The van der Waals surface area contributed by atoms with E-state index in [-0.39, 0.29) is 35.3 Å². The third-order valence-electron chi connectivity index (χ3n) is 4.17. The Bertz CT molecular complexity index is 1130. The standard InChI is InChI=1S/C21H19N3O6S/c1-2-29-19-8-6-14(11-17(19)24(27)28)20(26)23-21(31)22-15-5-3-4-13(10-15)18-9-7-16(12-25)30-18/h3-11,25H,2,12H2,1H3,(H2,22,23,26,31). The normalized spacial score (nSPS) is 10.4. The van der Waals surface area contributed by atoms with Gasteiger partial charge in [0, 0.05) is 22.9 Å². The first-order valence-electron chi connectivity index (χ1n) is 9.25. The number of hydrogen-bond acceptors (Lipinski definition) is 7. The number of aliphatic hydroxyl groups is 1. The highest BCUT2D eigenvalue weighted by Gasteiger charge is 2.19. The maximum atomic E-state index is 12.5. The van der Waals surface area contributed by atoms with Gasteiger partial charge in [0.1, 0.15) is 18.1 Å². The number of anilines is 1. The quantitative estimate of drug-likeness (QED) is 0.286. The third-order valence-corrected chi connectivity index (χ3v) is 4.37. The SMILES string of the molecule is CCOc1ccc(C(=O)NC(=S)Nc2cccc(-c3ccc(CO)o3)c2)cc1[N+](=O)[O-]. The van der Waals surface area contributed by atoms with Crippen LogP contribution >= 0.6 is 12.2 Å². The molecule has 3 N–H and O–H groups in total. The molecule has 0 radical (unpaired) electrons. The summed E-state index contributed by atoms with van der Waals surface area (Å²) < 4.78 is 10.7. The molecule has 0 aliphatic carbocycles. The van der Waals surface area contributed by atoms with Gasteiger partial charge in [0.25, 0.3) is 5.91 Å². The largest absolute Gasteiger partial charge is 0.487 e. The molecule has 0 atom stereocenters. The lowest BCUT2D eigenvalue weighted by Crippen LogP contribution is -2.34. The van der Waals surface area contributed by atoms with E-state index < -0.39 is 10.8 Å². The molecule has 3 aromatic rings. The number of benzene rings is 2. The first-order valence-corrected chi connectivity index (χ1v) is 9.65. The average Bonchev–Trinajstić information content (AvgIpc) is 3.23. The number of nitrogens with one attached hydrogen (secondary N) is 2. The van der Waals surface area contributed by atoms with Gasteiger partial charge in [-0.2, -0.15) is 0 Å². The maximum absolute atomic E-state index is 12.5. The molecular weight excluding hydrogens is 422 g/mol. The first kappa shape index (κ1) is 21.9. The lowest BCUT2D eigenvalue weighted by atomic mass is 10.1. The van der Waals surface area contributed by atoms with Gasteiger partial charge in [-0.05, 0) is 55.5 Å². The van der Waals surface area contributed by atoms with E-state index >= 15 is 0 Å². The summed E-state index contributed by atoms with van der Waals surface area (Å²) in [7, 11) is 0. The zero-order valence-corrected chi connectivity index (χ0v) is 17.3. The zero-order valence-electron chi connectivity index (χ0n) is 16.5. The van der Waals surface area contributed by atoms with Crippen molar-refractivity contribution in [2.24, 2.45) is 0 Å². The molecule has 0 spiro atoms. The molecule has 0 saturated heterocycles. The van der Waals surface area contributed by atoms with Crippen molar-refractivity contribution in [3.8, 4) is 17.1 Å². The fourth-order valence-corrected chi connectivity index (χ4v) is 3.00. The van der Waals surface area contributed by atoms with Crippen molar-refractivity contribution in [2.75, 3.05) is 11.9 Å². The van der Waals surface area contributed by atoms with Gasteiger partial charge in [-0.1, -0.05) is 12.1 Å². The number of carbonyl (C=O) groups is 1. The summed E-state index contributed by atoms with van der Waals surface area (Å²) in [5.41, 5.74) is 1.12. The number of aliphatic hydroxyl groups excluding tert-OH is 1. The first-order chi connectivity index (χ1) is 14.9. The molecule has 31 heavy (non-hydrogen) atoms. The predicted molar refractivity (Wildman–Crippen MR) is 118 cm³/mol. The lowest BCUT2D eigenvalue weighted by molar-refractivity contribution is -0.385. The topological polar surface area (TPSA) is 127 Å². The molecular formula is C21H19N3O6S. The predicted octanol–water partition coefficient (Wildman–Crippen LogP) is 3.87. The van der Waals surface area contributed by atoms with E-state index in [1.165, 1.54) is 12.1 Å². The van der Waals surface area contributed by atoms with Crippen molar-refractivity contribution >= 4 is 34.6 Å². The summed E-state index contributed by atoms with van der Waals surface area (Å²) in [6.45, 7) is 1.78. The minimum absolute atomic E-state index is 0.0224. The number of nitrogens with zero attached hydrogens (tertiary/aromatic N) is 1. The number of nitro groups is 1. The highest BCUT2D eigenvalue weighted by molar-refractivity contribution is 7.80. The number of amides is 1. The maximum Gasteiger partial charge on any atom is 0.311 e. The Balaban J connectivity index is 1.69. The van der Waals surface area contributed by atoms with Crippen LogP contribution in [-0.2, 0) is 6.61 Å². The van der Waals surface area contributed by atoms with Gasteiger partial charge in [-0.3, -0.25) is 20.2 Å². The van der Waals surface area contributed by atoms with Crippen LogP contribution < -0.4 is 15.4 Å². The van der Waals surface area contributed by atoms with Crippen molar-refractivity contribution in [3.63, 3.8) is 0 Å². The van der Waals surface area contributed by atoms with Crippen LogP contribution in [0.1, 0.15) is 23.0 Å². The number of thiocarbonyl (C=S) groups is 1. The van der Waals surface area contributed by atoms with E-state index in [1.54, 1.807) is 37.3 Å². The Morgan fingerprint density at radius 2 is 2.03 bits per heavy atom. The summed E-state index contributed by atoms with van der Waals surface area (Å²) in [5, 5.41) is 25.8. The van der Waals surface area contributed by atoms with E-state index in [4.69, 9.17) is 26.5 Å². The second kappa shape index (κ2) is 9.83. The number of carbonyl (C=O) groups excluding carboxylic acids is 1. The van der Waals surface area contributed by atoms with Crippen LogP contribution in [0.25, 0.3) is 11.3 Å². The molecule has 0 aliphatic rings. The molecule has 1 amide bonds. The van der Waals surface area contributed by atoms with Crippen molar-refractivity contribution in [3.05, 3.63) is 76.0 Å². The molecule has 9 nitrogen and oxygen atoms in total. The van der Waals surface area contributed by atoms with Crippen LogP contribution in [0.2, 0.25) is 0 Å². The Kier molecular flexibility index (Phi) is 6.96. The number of ether oxygens (including phenoxy) is 1. The van der Waals surface area contributed by atoms with Crippen LogP contribution in [0.5, 0.6) is 5.75 Å². The highest BCUT2D eigenvalue weighted by atomic mass is 32.1. The molecule has 0 fully saturated rings. The second-order valence-electron chi connectivity index (χ2n) is 6.29. The van der Waals surface area contributed by atoms with E-state index in [2.05, 4.69) is 10.6 Å². The van der Waals surface area contributed by atoms with E-state index in [1.807, 2.05) is 6.07 Å². The summed E-state index contributed by atoms with van der Waals surface area (Å²) in [6, 6.07) is 14.5. The fraction of sp³-hybridized carbons (Fsp3) is 0.143. The van der Waals surface area contributed by atoms with Gasteiger partial charge >= 0.3 is 5.69 Å². The Labute approximate surface area is 182 Å². The van der Waals surface area contributed by atoms with Crippen LogP contribution in [0.4, 0.5) is 11.4 Å². The van der Waals surface area contributed by atoms with Crippen LogP contribution in [0, 0.1) is 10.1 Å². The van der Waals surface area contributed by atoms with E-state index in [0.29, 0.717) is 17.2 Å². The number of hydrogen-bond donors (Lipinski definition) is 3. The smallest absolute Gasteiger partial charge is 0.311 e. The molecule has 0 saturated carbocycles. The summed E-state index contributed by atoms with van der Waals surface area (Å²) >= 11 is 5.19. The van der Waals surface area contributed by atoms with Gasteiger partial charge in [0.05, 0.1) is 11.5 Å². The molecule has 1 heterocycles. The Hall–Kier alpha value is -3.76. The van der Waals surface area contributed by atoms with Crippen molar-refractivity contribution < 1.29 is 24.0 Å². The molecule has 3 rings (SSSR count). The molecule has 10 heteroatoms. The number of rotatable bonds is 7. The van der Waals surface area contributed by atoms with Crippen molar-refractivity contribution in [2.45, 2.75) is 13.5 Å². The van der Waals surface area contributed by atoms with Crippen LogP contribution in [0.3, 0.4) is 0 Å². The second-order valence-corrected chi connectivity index (χ2v) is 6.69. The highest BCUT2D eigenvalue weighted by Crippen LogP contribution is 2.28. The van der Waals surface area contributed by atoms with Crippen LogP contribution in [0.15, 0.2) is 59.0 Å². The summed E-state index contributed by atoms with van der Waals surface area (Å²) in [5.74, 6) is 0.507. The molecule has 0 bridgehead atoms. The summed E-state index contributed by atoms with van der Waals surface area (Å²) in [6.07, 6.45) is 0. The van der Waals surface area contributed by atoms with E-state index in [0.717, 1.165) is 11.6 Å². The zero-order chi connectivity index (χ0) is 22.4. The lowest BCUT2D eigenvalue weighted by Gasteiger charge is -2.11. The van der Waals surface area contributed by atoms with Gasteiger partial charge in [0.15, 0.2) is 10.9 Å². The van der Waals surface area contributed by atoms with E-state index in [9.17, 15) is 14.9 Å². The van der Waals surface area contributed by atoms with Gasteiger partial charge in [-0.15, -0.1) is 0 Å². The van der Waals surface area contributed by atoms with Crippen LogP contribution in [-0.4, -0.2) is 27.7 Å². The summed E-state index contributed by atoms with van der Waals surface area (Å²) in [4.78, 5) is 23.1. The molecule has 2 aromatic carbocycles. The van der Waals surface area contributed by atoms with Gasteiger partial charge in [0.2, 0.25) is 0 Å². The Morgan fingerprint density at radius 3 is 2.71 bits per heavy atom. The third kappa shape index (κ3) is 5.44. The minimum Gasteiger partial charge on any atom is -0.487 e. The average molecular weight is 441 g/mol.